The molecule has 0 saturated heterocycles. The number of nitrogens with two attached hydrogens (primary N) is 1. The molecule has 3 nitrogen and oxygen atoms in total. The second-order valence-electron chi connectivity index (χ2n) is 3.95. The quantitative estimate of drug-likeness (QED) is 0.856. The average molecular weight is 305 g/mol. The number of nitrogen functional groups attached to an aromatic ring is 1. The standard InChI is InChI=1S/C14H13BrN2O/c15-12-9-11(16)6-7-13(12)17-14(18)8-10-4-2-1-3-5-10/h1-7,9H,8,16H2,(H,17,18). The molecule has 0 bridgehead atoms. The summed E-state index contributed by atoms with van der Waals surface area (Å²) in [5, 5.41) is 2.84. The zero-order valence-corrected chi connectivity index (χ0v) is 11.3. The first kappa shape index (κ1) is 12.6. The van der Waals surface area contributed by atoms with E-state index in [9.17, 15) is 4.79 Å². The Morgan fingerprint density at radius 3 is 2.56 bits per heavy atom. The Kier molecular flexibility index (Phi) is 3.99. The molecule has 0 aliphatic rings. The van der Waals surface area contributed by atoms with E-state index in [2.05, 4.69) is 21.2 Å². The highest BCUT2D eigenvalue weighted by atomic mass is 79.9. The van der Waals surface area contributed by atoms with Gasteiger partial charge in [0.05, 0.1) is 12.1 Å². The number of amides is 1. The molecular weight excluding hydrogens is 292 g/mol. The lowest BCUT2D eigenvalue weighted by molar-refractivity contribution is -0.115. The maximum Gasteiger partial charge on any atom is 0.228 e. The number of anilines is 2. The van der Waals surface area contributed by atoms with Gasteiger partial charge in [0.1, 0.15) is 0 Å². The first-order valence-corrected chi connectivity index (χ1v) is 6.33. The summed E-state index contributed by atoms with van der Waals surface area (Å²) in [6.07, 6.45) is 0.359. The van der Waals surface area contributed by atoms with Gasteiger partial charge in [0.25, 0.3) is 0 Å². The molecule has 1 amide bonds. The monoisotopic (exact) mass is 304 g/mol. The minimum absolute atomic E-state index is 0.0494. The molecule has 2 aromatic rings. The van der Waals surface area contributed by atoms with Gasteiger partial charge in [-0.1, -0.05) is 30.3 Å². The second-order valence-corrected chi connectivity index (χ2v) is 4.80. The van der Waals surface area contributed by atoms with Crippen LogP contribution in [0.1, 0.15) is 5.56 Å². The van der Waals surface area contributed by atoms with Crippen molar-refractivity contribution in [3.63, 3.8) is 0 Å². The van der Waals surface area contributed by atoms with Crippen LogP contribution in [0.3, 0.4) is 0 Å². The molecule has 0 saturated carbocycles. The van der Waals surface area contributed by atoms with Crippen molar-refractivity contribution in [3.05, 3.63) is 58.6 Å². The van der Waals surface area contributed by atoms with Crippen LogP contribution < -0.4 is 11.1 Å². The first-order chi connectivity index (χ1) is 8.65. The van der Waals surface area contributed by atoms with Crippen LogP contribution >= 0.6 is 15.9 Å². The fraction of sp³-hybridized carbons (Fsp3) is 0.0714. The van der Waals surface area contributed by atoms with Crippen LogP contribution in [0.5, 0.6) is 0 Å². The van der Waals surface area contributed by atoms with Gasteiger partial charge in [-0.3, -0.25) is 4.79 Å². The van der Waals surface area contributed by atoms with E-state index in [0.717, 1.165) is 15.7 Å². The minimum atomic E-state index is -0.0494. The summed E-state index contributed by atoms with van der Waals surface area (Å²) < 4.78 is 0.781. The van der Waals surface area contributed by atoms with Crippen LogP contribution in [0, 0.1) is 0 Å². The van der Waals surface area contributed by atoms with Crippen molar-refractivity contribution in [2.45, 2.75) is 6.42 Å². The minimum Gasteiger partial charge on any atom is -0.399 e. The van der Waals surface area contributed by atoms with Crippen molar-refractivity contribution in [2.24, 2.45) is 0 Å². The fourth-order valence-corrected chi connectivity index (χ4v) is 2.10. The van der Waals surface area contributed by atoms with Gasteiger partial charge < -0.3 is 11.1 Å². The molecule has 2 rings (SSSR count). The van der Waals surface area contributed by atoms with Crippen LogP contribution in [0.4, 0.5) is 11.4 Å². The summed E-state index contributed by atoms with van der Waals surface area (Å²) in [4.78, 5) is 11.9. The molecule has 92 valence electrons. The lowest BCUT2D eigenvalue weighted by Crippen LogP contribution is -2.14. The van der Waals surface area contributed by atoms with Crippen LogP contribution in [-0.4, -0.2) is 5.91 Å². The summed E-state index contributed by atoms with van der Waals surface area (Å²) in [6.45, 7) is 0. The molecule has 0 spiro atoms. The number of carbonyl (C=O) groups is 1. The van der Waals surface area contributed by atoms with Gasteiger partial charge in [0.2, 0.25) is 5.91 Å². The third-order valence-corrected chi connectivity index (χ3v) is 3.13. The summed E-state index contributed by atoms with van der Waals surface area (Å²) in [7, 11) is 0. The van der Waals surface area contributed by atoms with Crippen LogP contribution in [0.15, 0.2) is 53.0 Å². The van der Waals surface area contributed by atoms with E-state index in [1.54, 1.807) is 18.2 Å². The smallest absolute Gasteiger partial charge is 0.228 e. The van der Waals surface area contributed by atoms with Crippen molar-refractivity contribution in [3.8, 4) is 0 Å². The molecule has 2 aromatic carbocycles. The number of carbonyl (C=O) groups excluding carboxylic acids is 1. The van der Waals surface area contributed by atoms with E-state index in [0.29, 0.717) is 12.1 Å². The molecule has 3 N–H and O–H groups in total. The Labute approximate surface area is 114 Å². The molecule has 0 aliphatic heterocycles. The van der Waals surface area contributed by atoms with Gasteiger partial charge in [-0.25, -0.2) is 0 Å². The Morgan fingerprint density at radius 2 is 1.89 bits per heavy atom. The van der Waals surface area contributed by atoms with Gasteiger partial charge in [-0.05, 0) is 39.7 Å². The Balaban J connectivity index is 2.03. The van der Waals surface area contributed by atoms with E-state index in [-0.39, 0.29) is 5.91 Å². The van der Waals surface area contributed by atoms with Gasteiger partial charge in [0.15, 0.2) is 0 Å². The normalized spacial score (nSPS) is 10.1. The van der Waals surface area contributed by atoms with Gasteiger partial charge >= 0.3 is 0 Å². The van der Waals surface area contributed by atoms with Crippen molar-refractivity contribution < 1.29 is 4.79 Å². The Hall–Kier alpha value is -1.81. The van der Waals surface area contributed by atoms with Crippen LogP contribution in [0.2, 0.25) is 0 Å². The molecule has 4 heteroatoms. The van der Waals surface area contributed by atoms with Crippen molar-refractivity contribution in [2.75, 3.05) is 11.1 Å². The number of nitrogens with one attached hydrogen (secondary N) is 1. The van der Waals surface area contributed by atoms with Crippen LogP contribution in [-0.2, 0) is 11.2 Å². The van der Waals surface area contributed by atoms with E-state index in [1.165, 1.54) is 0 Å². The highest BCUT2D eigenvalue weighted by molar-refractivity contribution is 9.10. The third kappa shape index (κ3) is 3.34. The SMILES string of the molecule is Nc1ccc(NC(=O)Cc2ccccc2)c(Br)c1. The van der Waals surface area contributed by atoms with E-state index in [1.807, 2.05) is 30.3 Å². The second kappa shape index (κ2) is 5.69. The van der Waals surface area contributed by atoms with Gasteiger partial charge in [-0.15, -0.1) is 0 Å². The van der Waals surface area contributed by atoms with E-state index < -0.39 is 0 Å². The molecule has 0 aliphatic carbocycles. The summed E-state index contributed by atoms with van der Waals surface area (Å²) in [5.41, 5.74) is 8.01. The van der Waals surface area contributed by atoms with E-state index >= 15 is 0 Å². The van der Waals surface area contributed by atoms with Crippen molar-refractivity contribution >= 4 is 33.2 Å². The maximum atomic E-state index is 11.9. The largest absolute Gasteiger partial charge is 0.399 e. The molecular formula is C14H13BrN2O. The number of benzene rings is 2. The number of hydrogen-bond donors (Lipinski definition) is 2. The average Bonchev–Trinajstić information content (AvgIpc) is 2.34. The van der Waals surface area contributed by atoms with Gasteiger partial charge in [-0.2, -0.15) is 0 Å². The highest BCUT2D eigenvalue weighted by Crippen LogP contribution is 2.24. The molecule has 0 atom stereocenters. The molecule has 0 unspecified atom stereocenters. The number of halogens is 1. The highest BCUT2D eigenvalue weighted by Gasteiger charge is 2.06. The Morgan fingerprint density at radius 1 is 1.17 bits per heavy atom. The lowest BCUT2D eigenvalue weighted by Gasteiger charge is -2.08. The summed E-state index contributed by atoms with van der Waals surface area (Å²) in [5.74, 6) is -0.0494. The predicted molar refractivity (Wildman–Crippen MR) is 77.3 cm³/mol. The third-order valence-electron chi connectivity index (χ3n) is 2.47. The molecule has 0 radical (unpaired) electrons. The number of rotatable bonds is 3. The summed E-state index contributed by atoms with van der Waals surface area (Å²) in [6, 6.07) is 14.9. The maximum absolute atomic E-state index is 11.9. The zero-order valence-electron chi connectivity index (χ0n) is 9.69. The number of hydrogen-bond acceptors (Lipinski definition) is 2. The Bertz CT molecular complexity index is 555. The summed E-state index contributed by atoms with van der Waals surface area (Å²) >= 11 is 3.37. The zero-order chi connectivity index (χ0) is 13.0. The van der Waals surface area contributed by atoms with Crippen molar-refractivity contribution in [1.29, 1.82) is 0 Å². The molecule has 0 heterocycles. The molecule has 18 heavy (non-hydrogen) atoms. The molecule has 0 aromatic heterocycles. The van der Waals surface area contributed by atoms with Crippen LogP contribution in [0.25, 0.3) is 0 Å². The lowest BCUT2D eigenvalue weighted by atomic mass is 10.1. The topological polar surface area (TPSA) is 55.1 Å². The van der Waals surface area contributed by atoms with Crippen molar-refractivity contribution in [1.82, 2.24) is 0 Å². The fourth-order valence-electron chi connectivity index (χ4n) is 1.61. The molecule has 0 fully saturated rings. The van der Waals surface area contributed by atoms with Gasteiger partial charge in [0, 0.05) is 10.2 Å². The van der Waals surface area contributed by atoms with E-state index in [4.69, 9.17) is 5.73 Å². The predicted octanol–water partition coefficient (Wildman–Crippen LogP) is 3.21. The first-order valence-electron chi connectivity index (χ1n) is 5.54.